The van der Waals surface area contributed by atoms with Gasteiger partial charge in [-0.3, -0.25) is 9.78 Å². The highest BCUT2D eigenvalue weighted by molar-refractivity contribution is 5.93. The van der Waals surface area contributed by atoms with Gasteiger partial charge in [-0.25, -0.2) is 0 Å². The van der Waals surface area contributed by atoms with E-state index in [1.807, 2.05) is 23.1 Å². The van der Waals surface area contributed by atoms with Crippen LogP contribution in [-0.2, 0) is 13.0 Å². The number of pyridine rings is 1. The highest BCUT2D eigenvalue weighted by Gasteiger charge is 2.22. The highest BCUT2D eigenvalue weighted by atomic mass is 16.2. The van der Waals surface area contributed by atoms with E-state index >= 15 is 0 Å². The van der Waals surface area contributed by atoms with Crippen molar-refractivity contribution in [1.82, 2.24) is 9.88 Å². The first-order valence-corrected chi connectivity index (χ1v) is 7.72. The fourth-order valence-electron chi connectivity index (χ4n) is 2.80. The largest absolute Gasteiger partial charge is 0.383 e. The molecule has 0 bridgehead atoms. The molecule has 3 rings (SSSR count). The fourth-order valence-corrected chi connectivity index (χ4v) is 2.80. The van der Waals surface area contributed by atoms with E-state index in [2.05, 4.69) is 42.3 Å². The van der Waals surface area contributed by atoms with Crippen LogP contribution in [0.15, 0.2) is 42.6 Å². The van der Waals surface area contributed by atoms with Gasteiger partial charge in [0.05, 0.1) is 0 Å². The smallest absolute Gasteiger partial charge is 0.272 e. The predicted octanol–water partition coefficient (Wildman–Crippen LogP) is 3.10. The summed E-state index contributed by atoms with van der Waals surface area (Å²) >= 11 is 0. The molecule has 0 atom stereocenters. The zero-order valence-corrected chi connectivity index (χ0v) is 13.0. The van der Waals surface area contributed by atoms with Gasteiger partial charge in [-0.2, -0.15) is 0 Å². The summed E-state index contributed by atoms with van der Waals surface area (Å²) in [5.74, 6) is 0.00177. The van der Waals surface area contributed by atoms with Crippen molar-refractivity contribution in [3.63, 3.8) is 0 Å². The van der Waals surface area contributed by atoms with Crippen LogP contribution in [0.2, 0.25) is 0 Å². The van der Waals surface area contributed by atoms with Gasteiger partial charge in [-0.05, 0) is 43.5 Å². The first kappa shape index (κ1) is 14.6. The molecule has 114 valence electrons. The first-order chi connectivity index (χ1) is 10.6. The van der Waals surface area contributed by atoms with E-state index in [4.69, 9.17) is 0 Å². The van der Waals surface area contributed by atoms with Crippen molar-refractivity contribution in [3.05, 3.63) is 59.4 Å². The number of anilines is 1. The summed E-state index contributed by atoms with van der Waals surface area (Å²) in [6.07, 6.45) is 2.60. The maximum atomic E-state index is 12.7. The van der Waals surface area contributed by atoms with Crippen LogP contribution < -0.4 is 5.32 Å². The second kappa shape index (κ2) is 6.18. The highest BCUT2D eigenvalue weighted by Crippen LogP contribution is 2.20. The molecule has 0 unspecified atom stereocenters. The number of hydrogen-bond donors (Lipinski definition) is 1. The number of nitrogens with zero attached hydrogens (tertiary/aromatic N) is 2. The molecule has 2 aromatic rings. The minimum Gasteiger partial charge on any atom is -0.383 e. The lowest BCUT2D eigenvalue weighted by molar-refractivity contribution is 0.0729. The Morgan fingerprint density at radius 3 is 2.77 bits per heavy atom. The average Bonchev–Trinajstić information content (AvgIpc) is 2.53. The molecule has 2 heterocycles. The van der Waals surface area contributed by atoms with Gasteiger partial charge < -0.3 is 10.2 Å². The van der Waals surface area contributed by atoms with Crippen molar-refractivity contribution in [1.29, 1.82) is 0 Å². The Morgan fingerprint density at radius 2 is 2.00 bits per heavy atom. The number of carbonyl (C=O) groups excluding carboxylic acids is 1. The van der Waals surface area contributed by atoms with Gasteiger partial charge in [0, 0.05) is 31.0 Å². The van der Waals surface area contributed by atoms with Gasteiger partial charge in [0.1, 0.15) is 5.69 Å². The molecule has 22 heavy (non-hydrogen) atoms. The molecule has 0 saturated carbocycles. The Kier molecular flexibility index (Phi) is 4.09. The summed E-state index contributed by atoms with van der Waals surface area (Å²) in [5.41, 5.74) is 4.02. The molecule has 1 aliphatic heterocycles. The van der Waals surface area contributed by atoms with Crippen LogP contribution in [0.3, 0.4) is 0 Å². The molecule has 4 nitrogen and oxygen atoms in total. The Hall–Kier alpha value is -2.36. The molecule has 0 fully saturated rings. The number of rotatable bonds is 3. The third-order valence-electron chi connectivity index (χ3n) is 3.85. The van der Waals surface area contributed by atoms with E-state index in [9.17, 15) is 4.79 Å². The normalized spacial score (nSPS) is 13.9. The molecular weight excluding hydrogens is 274 g/mol. The fraction of sp³-hybridized carbons (Fsp3) is 0.333. The quantitative estimate of drug-likeness (QED) is 0.946. The number of carbonyl (C=O) groups is 1. The van der Waals surface area contributed by atoms with Crippen molar-refractivity contribution in [2.75, 3.05) is 11.9 Å². The minimum absolute atomic E-state index is 0.00177. The average molecular weight is 295 g/mol. The summed E-state index contributed by atoms with van der Waals surface area (Å²) in [6.45, 7) is 5.56. The van der Waals surface area contributed by atoms with E-state index in [-0.39, 0.29) is 5.91 Å². The molecule has 0 aliphatic carbocycles. The lowest BCUT2D eigenvalue weighted by atomic mass is 10.00. The van der Waals surface area contributed by atoms with Gasteiger partial charge in [-0.1, -0.05) is 24.3 Å². The Bertz CT molecular complexity index is 682. The Labute approximate surface area is 131 Å². The van der Waals surface area contributed by atoms with Gasteiger partial charge >= 0.3 is 0 Å². The molecule has 0 radical (unpaired) electrons. The van der Waals surface area contributed by atoms with Gasteiger partial charge in [-0.15, -0.1) is 0 Å². The Morgan fingerprint density at radius 1 is 1.23 bits per heavy atom. The van der Waals surface area contributed by atoms with Crippen LogP contribution in [0.5, 0.6) is 0 Å². The number of hydrogen-bond acceptors (Lipinski definition) is 3. The summed E-state index contributed by atoms with van der Waals surface area (Å²) < 4.78 is 0. The van der Waals surface area contributed by atoms with Crippen LogP contribution >= 0.6 is 0 Å². The number of amides is 1. The van der Waals surface area contributed by atoms with Crippen LogP contribution in [0.25, 0.3) is 0 Å². The molecule has 1 aromatic carbocycles. The maximum Gasteiger partial charge on any atom is 0.272 e. The molecule has 1 amide bonds. The second-order valence-corrected chi connectivity index (χ2v) is 5.97. The zero-order valence-electron chi connectivity index (χ0n) is 13.0. The molecule has 4 heteroatoms. The van der Waals surface area contributed by atoms with Crippen molar-refractivity contribution in [3.8, 4) is 0 Å². The lowest BCUT2D eigenvalue weighted by Gasteiger charge is -2.28. The topological polar surface area (TPSA) is 45.2 Å². The SMILES string of the molecule is CC(C)Nc1ccnc(C(=O)N2CCc3ccccc3C2)c1. The molecular formula is C18H21N3O. The number of benzene rings is 1. The van der Waals surface area contributed by atoms with E-state index in [0.29, 0.717) is 18.3 Å². The van der Waals surface area contributed by atoms with Crippen LogP contribution in [-0.4, -0.2) is 28.4 Å². The van der Waals surface area contributed by atoms with Gasteiger partial charge in [0.15, 0.2) is 0 Å². The van der Waals surface area contributed by atoms with E-state index in [0.717, 1.165) is 18.7 Å². The van der Waals surface area contributed by atoms with Crippen LogP contribution in [0.1, 0.15) is 35.5 Å². The van der Waals surface area contributed by atoms with Crippen molar-refractivity contribution in [2.45, 2.75) is 32.9 Å². The first-order valence-electron chi connectivity index (χ1n) is 7.72. The molecule has 0 saturated heterocycles. The third-order valence-corrected chi connectivity index (χ3v) is 3.85. The van der Waals surface area contributed by atoms with E-state index in [1.54, 1.807) is 6.20 Å². The summed E-state index contributed by atoms with van der Waals surface area (Å²) in [4.78, 5) is 18.8. The van der Waals surface area contributed by atoms with Crippen molar-refractivity contribution in [2.24, 2.45) is 0 Å². The molecule has 1 aliphatic rings. The van der Waals surface area contributed by atoms with Gasteiger partial charge in [0.25, 0.3) is 5.91 Å². The number of nitrogens with one attached hydrogen (secondary N) is 1. The molecule has 1 N–H and O–H groups in total. The van der Waals surface area contributed by atoms with E-state index < -0.39 is 0 Å². The summed E-state index contributed by atoms with van der Waals surface area (Å²) in [5, 5.41) is 3.31. The summed E-state index contributed by atoms with van der Waals surface area (Å²) in [6, 6.07) is 12.4. The molecule has 1 aromatic heterocycles. The zero-order chi connectivity index (χ0) is 15.5. The number of fused-ring (bicyclic) bond motifs is 1. The standard InChI is InChI=1S/C18H21N3O/c1-13(2)20-16-7-9-19-17(11-16)18(22)21-10-8-14-5-3-4-6-15(14)12-21/h3-7,9,11,13H,8,10,12H2,1-2H3,(H,19,20). The number of aromatic nitrogens is 1. The van der Waals surface area contributed by atoms with Crippen LogP contribution in [0, 0.1) is 0 Å². The predicted molar refractivity (Wildman–Crippen MR) is 87.9 cm³/mol. The lowest BCUT2D eigenvalue weighted by Crippen LogP contribution is -2.36. The van der Waals surface area contributed by atoms with Gasteiger partial charge in [0.2, 0.25) is 0 Å². The van der Waals surface area contributed by atoms with Crippen molar-refractivity contribution < 1.29 is 4.79 Å². The second-order valence-electron chi connectivity index (χ2n) is 5.97. The molecule has 0 spiro atoms. The monoisotopic (exact) mass is 295 g/mol. The third kappa shape index (κ3) is 3.11. The Balaban J connectivity index is 1.77. The van der Waals surface area contributed by atoms with E-state index in [1.165, 1.54) is 11.1 Å². The minimum atomic E-state index is 0.00177. The van der Waals surface area contributed by atoms with Crippen LogP contribution in [0.4, 0.5) is 5.69 Å². The summed E-state index contributed by atoms with van der Waals surface area (Å²) in [7, 11) is 0. The van der Waals surface area contributed by atoms with Crippen molar-refractivity contribution >= 4 is 11.6 Å². The maximum absolute atomic E-state index is 12.7.